The van der Waals surface area contributed by atoms with Crippen molar-refractivity contribution in [1.29, 1.82) is 0 Å². The molecule has 0 atom stereocenters. The van der Waals surface area contributed by atoms with Crippen molar-refractivity contribution < 1.29 is 45.4 Å². The highest BCUT2D eigenvalue weighted by Gasteiger charge is 2.60. The van der Waals surface area contributed by atoms with Crippen LogP contribution in [0.5, 0.6) is 0 Å². The van der Waals surface area contributed by atoms with Gasteiger partial charge in [-0.3, -0.25) is 9.59 Å². The van der Waals surface area contributed by atoms with Gasteiger partial charge < -0.3 is 9.47 Å². The molecule has 0 amide bonds. The van der Waals surface area contributed by atoms with Crippen molar-refractivity contribution in [3.8, 4) is 0 Å². The first-order valence-corrected chi connectivity index (χ1v) is 9.06. The molecular weight excluding hydrogens is 394 g/mol. The van der Waals surface area contributed by atoms with Gasteiger partial charge in [-0.2, -0.15) is 26.3 Å². The topological polar surface area (TPSA) is 52.6 Å². The summed E-state index contributed by atoms with van der Waals surface area (Å²) < 4.78 is 84.2. The van der Waals surface area contributed by atoms with Gasteiger partial charge in [0.2, 0.25) is 0 Å². The number of alkyl halides is 6. The van der Waals surface area contributed by atoms with Gasteiger partial charge in [0, 0.05) is 6.42 Å². The highest BCUT2D eigenvalue weighted by molar-refractivity contribution is 5.73. The monoisotopic (exact) mass is 422 g/mol. The van der Waals surface area contributed by atoms with Crippen LogP contribution < -0.4 is 0 Å². The molecule has 0 bridgehead atoms. The molecule has 0 N–H and O–H groups in total. The third kappa shape index (κ3) is 8.68. The van der Waals surface area contributed by atoms with E-state index in [1.807, 2.05) is 20.8 Å². The second-order valence-corrected chi connectivity index (χ2v) is 7.51. The van der Waals surface area contributed by atoms with Gasteiger partial charge in [0.1, 0.15) is 5.60 Å². The molecule has 28 heavy (non-hydrogen) atoms. The molecule has 0 unspecified atom stereocenters. The van der Waals surface area contributed by atoms with E-state index in [0.29, 0.717) is 6.42 Å². The van der Waals surface area contributed by atoms with E-state index in [1.54, 1.807) is 0 Å². The Morgan fingerprint density at radius 1 is 0.821 bits per heavy atom. The highest BCUT2D eigenvalue weighted by atomic mass is 19.4. The van der Waals surface area contributed by atoms with E-state index < -0.39 is 42.4 Å². The van der Waals surface area contributed by atoms with Gasteiger partial charge in [-0.25, -0.2) is 0 Å². The van der Waals surface area contributed by atoms with Crippen LogP contribution in [0.1, 0.15) is 73.1 Å². The van der Waals surface area contributed by atoms with Crippen LogP contribution in [-0.4, -0.2) is 36.0 Å². The minimum Gasteiger partial charge on any atom is -0.458 e. The van der Waals surface area contributed by atoms with Crippen molar-refractivity contribution in [2.75, 3.05) is 0 Å². The lowest BCUT2D eigenvalue weighted by molar-refractivity contribution is -0.314. The number of halogens is 6. The molecule has 0 saturated heterocycles. The lowest BCUT2D eigenvalue weighted by atomic mass is 9.85. The van der Waals surface area contributed by atoms with Crippen LogP contribution in [0.15, 0.2) is 0 Å². The zero-order valence-corrected chi connectivity index (χ0v) is 16.7. The van der Waals surface area contributed by atoms with Crippen LogP contribution in [-0.2, 0) is 19.1 Å². The van der Waals surface area contributed by atoms with Gasteiger partial charge >= 0.3 is 24.3 Å². The number of esters is 2. The molecule has 4 nitrogen and oxygen atoms in total. The molecule has 0 saturated carbocycles. The van der Waals surface area contributed by atoms with Crippen molar-refractivity contribution >= 4 is 11.9 Å². The number of hydrogen-bond acceptors (Lipinski definition) is 4. The molecule has 166 valence electrons. The van der Waals surface area contributed by atoms with Crippen LogP contribution >= 0.6 is 0 Å². The SMILES string of the molecule is CCC(C)(C)CCC(=O)OC(CC)(CC)CC(=O)OC(C(F)(F)F)C(F)(F)F. The van der Waals surface area contributed by atoms with Crippen LogP contribution in [0.2, 0.25) is 0 Å². The highest BCUT2D eigenvalue weighted by Crippen LogP contribution is 2.37. The molecule has 0 heterocycles. The Kier molecular flexibility index (Phi) is 9.30. The number of hydrogen-bond donors (Lipinski definition) is 0. The third-order valence-corrected chi connectivity index (χ3v) is 4.89. The van der Waals surface area contributed by atoms with Crippen LogP contribution in [0.4, 0.5) is 26.3 Å². The first-order valence-electron chi connectivity index (χ1n) is 9.06. The first kappa shape index (κ1) is 26.5. The minimum atomic E-state index is -5.79. The zero-order chi connectivity index (χ0) is 22.4. The fourth-order valence-corrected chi connectivity index (χ4v) is 2.35. The quantitative estimate of drug-likeness (QED) is 0.333. The number of ether oxygens (including phenoxy) is 2. The average molecular weight is 422 g/mol. The van der Waals surface area contributed by atoms with E-state index in [9.17, 15) is 35.9 Å². The number of carbonyl (C=O) groups is 2. The largest absolute Gasteiger partial charge is 0.458 e. The van der Waals surface area contributed by atoms with Gasteiger partial charge in [0.15, 0.2) is 0 Å². The first-order chi connectivity index (χ1) is 12.5. The second kappa shape index (κ2) is 9.82. The summed E-state index contributed by atoms with van der Waals surface area (Å²) in [6.07, 6.45) is -15.3. The molecule has 0 radical (unpaired) electrons. The van der Waals surface area contributed by atoms with Crippen molar-refractivity contribution in [3.63, 3.8) is 0 Å². The van der Waals surface area contributed by atoms with E-state index in [0.717, 1.165) is 6.42 Å². The maximum atomic E-state index is 12.5. The van der Waals surface area contributed by atoms with Crippen LogP contribution in [0, 0.1) is 5.41 Å². The van der Waals surface area contributed by atoms with Crippen molar-refractivity contribution in [1.82, 2.24) is 0 Å². The average Bonchev–Trinajstić information content (AvgIpc) is 2.55. The summed E-state index contributed by atoms with van der Waals surface area (Å²) in [7, 11) is 0. The van der Waals surface area contributed by atoms with Crippen LogP contribution in [0.3, 0.4) is 0 Å². The number of carbonyl (C=O) groups excluding carboxylic acids is 2. The minimum absolute atomic E-state index is 0.0192. The molecule has 0 aromatic carbocycles. The molecular formula is C18H28F6O4. The van der Waals surface area contributed by atoms with Crippen molar-refractivity contribution in [2.45, 2.75) is 97.2 Å². The van der Waals surface area contributed by atoms with Crippen LogP contribution in [0.25, 0.3) is 0 Å². The summed E-state index contributed by atoms with van der Waals surface area (Å²) in [6, 6.07) is 0. The lowest BCUT2D eigenvalue weighted by Crippen LogP contribution is -2.47. The maximum absolute atomic E-state index is 12.5. The summed E-state index contributed by atoms with van der Waals surface area (Å²) in [4.78, 5) is 23.9. The van der Waals surface area contributed by atoms with Gasteiger partial charge in [-0.15, -0.1) is 0 Å². The predicted octanol–water partition coefficient (Wildman–Crippen LogP) is 5.73. The zero-order valence-electron chi connectivity index (χ0n) is 16.7. The fourth-order valence-electron chi connectivity index (χ4n) is 2.35. The van der Waals surface area contributed by atoms with Crippen molar-refractivity contribution in [3.05, 3.63) is 0 Å². The normalized spacial score (nSPS) is 13.6. The molecule has 0 fully saturated rings. The van der Waals surface area contributed by atoms with Gasteiger partial charge in [0.25, 0.3) is 6.10 Å². The van der Waals surface area contributed by atoms with Crippen molar-refractivity contribution in [2.24, 2.45) is 5.41 Å². The Morgan fingerprint density at radius 2 is 1.29 bits per heavy atom. The van der Waals surface area contributed by atoms with E-state index in [1.165, 1.54) is 13.8 Å². The number of rotatable bonds is 10. The Hall–Kier alpha value is -1.48. The van der Waals surface area contributed by atoms with E-state index in [2.05, 4.69) is 4.74 Å². The smallest absolute Gasteiger partial charge is 0.434 e. The molecule has 10 heteroatoms. The summed E-state index contributed by atoms with van der Waals surface area (Å²) in [6.45, 7) is 8.87. The Bertz CT molecular complexity index is 507. The van der Waals surface area contributed by atoms with E-state index in [4.69, 9.17) is 4.74 Å². The Balaban J connectivity index is 5.17. The summed E-state index contributed by atoms with van der Waals surface area (Å²) >= 11 is 0. The molecule has 0 aromatic rings. The molecule has 0 aromatic heterocycles. The summed E-state index contributed by atoms with van der Waals surface area (Å²) in [5, 5.41) is 0. The Morgan fingerprint density at radius 3 is 1.64 bits per heavy atom. The van der Waals surface area contributed by atoms with Gasteiger partial charge in [-0.1, -0.05) is 41.0 Å². The van der Waals surface area contributed by atoms with E-state index in [-0.39, 0.29) is 24.7 Å². The predicted molar refractivity (Wildman–Crippen MR) is 89.3 cm³/mol. The van der Waals surface area contributed by atoms with Gasteiger partial charge in [0.05, 0.1) is 6.42 Å². The maximum Gasteiger partial charge on any atom is 0.434 e. The summed E-state index contributed by atoms with van der Waals surface area (Å²) in [5.41, 5.74) is -1.65. The third-order valence-electron chi connectivity index (χ3n) is 4.89. The molecule has 0 rings (SSSR count). The van der Waals surface area contributed by atoms with E-state index >= 15 is 0 Å². The molecule has 0 aliphatic carbocycles. The summed E-state index contributed by atoms with van der Waals surface area (Å²) in [5.74, 6) is -2.40. The standard InChI is InChI=1S/C18H28F6O4/c1-6-15(4,5)10-9-12(25)28-16(7-2,8-3)11-13(26)27-14(17(19,20)21)18(22,23)24/h14H,6-11H2,1-5H3. The molecule has 0 spiro atoms. The van der Waals surface area contributed by atoms with Gasteiger partial charge in [-0.05, 0) is 24.7 Å². The second-order valence-electron chi connectivity index (χ2n) is 7.51. The fraction of sp³-hybridized carbons (Fsp3) is 0.889. The lowest BCUT2D eigenvalue weighted by Gasteiger charge is -2.32. The Labute approximate surface area is 160 Å². The molecule has 0 aliphatic rings. The molecule has 0 aliphatic heterocycles.